The molecule has 1 atom stereocenters. The molecule has 1 rings (SSSR count). The van der Waals surface area contributed by atoms with Gasteiger partial charge in [0.05, 0.1) is 6.10 Å². The number of rotatable bonds is 8. The fourth-order valence-corrected chi connectivity index (χ4v) is 2.68. The minimum absolute atomic E-state index is 0.113. The van der Waals surface area contributed by atoms with Crippen LogP contribution in [0.1, 0.15) is 52.4 Å². The lowest BCUT2D eigenvalue weighted by Crippen LogP contribution is -2.35. The van der Waals surface area contributed by atoms with Gasteiger partial charge < -0.3 is 15.5 Å². The molecule has 3 heteroatoms. The van der Waals surface area contributed by atoms with Crippen LogP contribution in [-0.4, -0.2) is 36.0 Å². The zero-order valence-corrected chi connectivity index (χ0v) is 11.4. The van der Waals surface area contributed by atoms with Crippen molar-refractivity contribution >= 4 is 0 Å². The van der Waals surface area contributed by atoms with E-state index < -0.39 is 0 Å². The normalized spacial score (nSPS) is 19.8. The summed E-state index contributed by atoms with van der Waals surface area (Å²) in [4.78, 5) is 0. The lowest BCUT2D eigenvalue weighted by atomic mass is 9.89. The molecule has 0 heterocycles. The molecule has 3 nitrogen and oxygen atoms in total. The Bertz CT molecular complexity index is 200. The van der Waals surface area contributed by atoms with E-state index in [1.165, 1.54) is 25.7 Å². The van der Waals surface area contributed by atoms with Crippen LogP contribution < -0.4 is 5.32 Å². The maximum atomic E-state index is 9.92. The van der Waals surface area contributed by atoms with E-state index in [4.69, 9.17) is 5.11 Å². The molecule has 3 N–H and O–H groups in total. The van der Waals surface area contributed by atoms with E-state index in [-0.39, 0.29) is 18.1 Å². The summed E-state index contributed by atoms with van der Waals surface area (Å²) in [6, 6.07) is 0. The third-order valence-corrected chi connectivity index (χ3v) is 3.85. The second-order valence-electron chi connectivity index (χ2n) is 6.31. The minimum atomic E-state index is -0.206. The van der Waals surface area contributed by atoms with Crippen LogP contribution in [0.3, 0.4) is 0 Å². The van der Waals surface area contributed by atoms with Crippen molar-refractivity contribution in [2.75, 3.05) is 19.7 Å². The van der Waals surface area contributed by atoms with Crippen LogP contribution in [-0.2, 0) is 0 Å². The van der Waals surface area contributed by atoms with Gasteiger partial charge in [0, 0.05) is 19.7 Å². The van der Waals surface area contributed by atoms with Gasteiger partial charge in [-0.3, -0.25) is 0 Å². The van der Waals surface area contributed by atoms with Crippen molar-refractivity contribution < 1.29 is 10.2 Å². The molecule has 1 unspecified atom stereocenters. The number of hydrogen-bond acceptors (Lipinski definition) is 3. The quantitative estimate of drug-likeness (QED) is 0.610. The molecule has 0 amide bonds. The van der Waals surface area contributed by atoms with Gasteiger partial charge in [0.25, 0.3) is 0 Å². The second kappa shape index (κ2) is 7.34. The number of aliphatic hydroxyl groups excluding tert-OH is 2. The molecule has 0 radical (unpaired) electrons. The topological polar surface area (TPSA) is 52.5 Å². The highest BCUT2D eigenvalue weighted by atomic mass is 16.3. The van der Waals surface area contributed by atoms with Gasteiger partial charge in [0.1, 0.15) is 0 Å². The lowest BCUT2D eigenvalue weighted by molar-refractivity contribution is 0.133. The summed E-state index contributed by atoms with van der Waals surface area (Å²) < 4.78 is 0. The molecule has 1 aliphatic rings. The molecular formula is C14H29NO2. The third-order valence-electron chi connectivity index (χ3n) is 3.85. The average Bonchev–Trinajstić information content (AvgIpc) is 2.69. The largest absolute Gasteiger partial charge is 0.396 e. The second-order valence-corrected chi connectivity index (χ2v) is 6.31. The van der Waals surface area contributed by atoms with Gasteiger partial charge in [-0.05, 0) is 24.2 Å². The minimum Gasteiger partial charge on any atom is -0.396 e. The van der Waals surface area contributed by atoms with Gasteiger partial charge in [-0.1, -0.05) is 39.5 Å². The Kier molecular flexibility index (Phi) is 6.45. The summed E-state index contributed by atoms with van der Waals surface area (Å²) in [5, 5.41) is 22.2. The molecule has 0 aromatic rings. The van der Waals surface area contributed by atoms with Crippen LogP contribution in [0.15, 0.2) is 0 Å². The van der Waals surface area contributed by atoms with Gasteiger partial charge in [-0.25, -0.2) is 0 Å². The molecule has 1 saturated carbocycles. The third kappa shape index (κ3) is 6.39. The van der Waals surface area contributed by atoms with Crippen molar-refractivity contribution in [3.8, 4) is 0 Å². The first-order valence-electron chi connectivity index (χ1n) is 7.03. The monoisotopic (exact) mass is 243 g/mol. The zero-order valence-electron chi connectivity index (χ0n) is 11.4. The van der Waals surface area contributed by atoms with Gasteiger partial charge in [0.2, 0.25) is 0 Å². The maximum Gasteiger partial charge on any atom is 0.0667 e. The molecule has 0 bridgehead atoms. The predicted molar refractivity (Wildman–Crippen MR) is 70.9 cm³/mol. The summed E-state index contributed by atoms with van der Waals surface area (Å²) >= 11 is 0. The van der Waals surface area contributed by atoms with Crippen molar-refractivity contribution in [2.24, 2.45) is 11.3 Å². The summed E-state index contributed by atoms with van der Waals surface area (Å²) in [6.45, 7) is 6.05. The fourth-order valence-electron chi connectivity index (χ4n) is 2.68. The van der Waals surface area contributed by atoms with Gasteiger partial charge in [0.15, 0.2) is 0 Å². The SMILES string of the molecule is CC(C)(CCO)CNCC(O)CC1CCCC1. The zero-order chi connectivity index (χ0) is 12.7. The smallest absolute Gasteiger partial charge is 0.0667 e. The lowest BCUT2D eigenvalue weighted by Gasteiger charge is -2.25. The van der Waals surface area contributed by atoms with Crippen molar-refractivity contribution in [3.05, 3.63) is 0 Å². The van der Waals surface area contributed by atoms with Crippen LogP contribution >= 0.6 is 0 Å². The number of aliphatic hydroxyl groups is 2. The Morgan fingerprint density at radius 3 is 2.53 bits per heavy atom. The molecule has 0 aliphatic heterocycles. The molecule has 102 valence electrons. The standard InChI is InChI=1S/C14H29NO2/c1-14(2,7-8-16)11-15-10-13(17)9-12-5-3-4-6-12/h12-13,15-17H,3-11H2,1-2H3. The van der Waals surface area contributed by atoms with E-state index in [1.807, 2.05) is 0 Å². The maximum absolute atomic E-state index is 9.92. The summed E-state index contributed by atoms with van der Waals surface area (Å²) in [5.41, 5.74) is 0.113. The van der Waals surface area contributed by atoms with E-state index in [0.717, 1.165) is 25.3 Å². The molecule has 17 heavy (non-hydrogen) atoms. The Morgan fingerprint density at radius 2 is 1.94 bits per heavy atom. The highest BCUT2D eigenvalue weighted by molar-refractivity contribution is 4.75. The fraction of sp³-hybridized carbons (Fsp3) is 1.00. The van der Waals surface area contributed by atoms with Gasteiger partial charge >= 0.3 is 0 Å². The molecular weight excluding hydrogens is 214 g/mol. The first-order chi connectivity index (χ1) is 8.03. The van der Waals surface area contributed by atoms with E-state index in [1.54, 1.807) is 0 Å². The first kappa shape index (κ1) is 14.9. The van der Waals surface area contributed by atoms with E-state index in [9.17, 15) is 5.11 Å². The van der Waals surface area contributed by atoms with Gasteiger partial charge in [-0.15, -0.1) is 0 Å². The van der Waals surface area contributed by atoms with Crippen molar-refractivity contribution in [1.82, 2.24) is 5.32 Å². The Labute approximate surface area is 106 Å². The van der Waals surface area contributed by atoms with Crippen molar-refractivity contribution in [1.29, 1.82) is 0 Å². The van der Waals surface area contributed by atoms with Crippen LogP contribution in [0.4, 0.5) is 0 Å². The molecule has 1 aliphatic carbocycles. The van der Waals surface area contributed by atoms with Crippen LogP contribution in [0.5, 0.6) is 0 Å². The van der Waals surface area contributed by atoms with E-state index in [2.05, 4.69) is 19.2 Å². The number of hydrogen-bond donors (Lipinski definition) is 3. The van der Waals surface area contributed by atoms with E-state index >= 15 is 0 Å². The van der Waals surface area contributed by atoms with Crippen LogP contribution in [0, 0.1) is 11.3 Å². The molecule has 1 fully saturated rings. The van der Waals surface area contributed by atoms with Crippen molar-refractivity contribution in [3.63, 3.8) is 0 Å². The number of nitrogens with one attached hydrogen (secondary N) is 1. The highest BCUT2D eigenvalue weighted by Crippen LogP contribution is 2.28. The van der Waals surface area contributed by atoms with Crippen molar-refractivity contribution in [2.45, 2.75) is 58.5 Å². The molecule has 0 saturated heterocycles. The van der Waals surface area contributed by atoms with Crippen LogP contribution in [0.2, 0.25) is 0 Å². The first-order valence-corrected chi connectivity index (χ1v) is 7.03. The van der Waals surface area contributed by atoms with Gasteiger partial charge in [-0.2, -0.15) is 0 Å². The summed E-state index contributed by atoms with van der Waals surface area (Å²) in [5.74, 6) is 0.747. The average molecular weight is 243 g/mol. The Hall–Kier alpha value is -0.120. The molecule has 0 aromatic carbocycles. The summed E-state index contributed by atoms with van der Waals surface area (Å²) in [7, 11) is 0. The summed E-state index contributed by atoms with van der Waals surface area (Å²) in [6.07, 6.45) is 6.83. The molecule has 0 aromatic heterocycles. The Morgan fingerprint density at radius 1 is 1.29 bits per heavy atom. The predicted octanol–water partition coefficient (Wildman–Crippen LogP) is 1.93. The van der Waals surface area contributed by atoms with E-state index in [0.29, 0.717) is 6.54 Å². The van der Waals surface area contributed by atoms with Crippen LogP contribution in [0.25, 0.3) is 0 Å². The Balaban J connectivity index is 2.08. The molecule has 0 spiro atoms. The highest BCUT2D eigenvalue weighted by Gasteiger charge is 2.20.